The van der Waals surface area contributed by atoms with Crippen LogP contribution in [0.2, 0.25) is 0 Å². The number of rotatable bonds is 5. The molecule has 7 heteroatoms. The fourth-order valence-electron chi connectivity index (χ4n) is 3.59. The van der Waals surface area contributed by atoms with Crippen LogP contribution >= 0.6 is 0 Å². The normalized spacial score (nSPS) is 17.6. The van der Waals surface area contributed by atoms with Gasteiger partial charge in [0.1, 0.15) is 12.0 Å². The van der Waals surface area contributed by atoms with Crippen molar-refractivity contribution in [1.29, 1.82) is 0 Å². The van der Waals surface area contributed by atoms with Crippen molar-refractivity contribution in [2.24, 2.45) is 0 Å². The zero-order valence-corrected chi connectivity index (χ0v) is 15.9. The van der Waals surface area contributed by atoms with Crippen LogP contribution in [0.5, 0.6) is 5.75 Å². The van der Waals surface area contributed by atoms with Gasteiger partial charge < -0.3 is 14.0 Å². The molecule has 2 heterocycles. The van der Waals surface area contributed by atoms with E-state index in [1.165, 1.54) is 16.7 Å². The van der Waals surface area contributed by atoms with E-state index in [9.17, 15) is 13.2 Å². The summed E-state index contributed by atoms with van der Waals surface area (Å²) in [5.74, 6) is 0.795. The van der Waals surface area contributed by atoms with E-state index in [0.29, 0.717) is 13.2 Å². The Hall–Kier alpha value is -2.77. The molecule has 0 spiro atoms. The minimum Gasteiger partial charge on any atom is -0.497 e. The summed E-state index contributed by atoms with van der Waals surface area (Å²) >= 11 is 0. The molecule has 0 unspecified atom stereocenters. The molecule has 2 aromatic carbocycles. The van der Waals surface area contributed by atoms with Crippen LogP contribution in [-0.4, -0.2) is 29.7 Å². The Balaban J connectivity index is 1.56. The molecule has 152 valence electrons. The summed E-state index contributed by atoms with van der Waals surface area (Å²) < 4.78 is 52.6. The molecule has 29 heavy (non-hydrogen) atoms. The average Bonchev–Trinajstić information content (AvgIpc) is 3.37. The van der Waals surface area contributed by atoms with Gasteiger partial charge >= 0.3 is 6.18 Å². The SMILES string of the molecule is COc1ccc(CN2CCO[C@H]2c2ccn(-c3ccccc3C(F)(F)F)c2)cc1. The molecule has 4 nitrogen and oxygen atoms in total. The predicted molar refractivity (Wildman–Crippen MR) is 103 cm³/mol. The predicted octanol–water partition coefficient (Wildman–Crippen LogP) is 5.04. The van der Waals surface area contributed by atoms with Crippen LogP contribution in [0.4, 0.5) is 13.2 Å². The van der Waals surface area contributed by atoms with Gasteiger partial charge in [0.25, 0.3) is 0 Å². The van der Waals surface area contributed by atoms with Crippen LogP contribution in [0.15, 0.2) is 67.0 Å². The van der Waals surface area contributed by atoms with E-state index in [-0.39, 0.29) is 11.9 Å². The Morgan fingerprint density at radius 3 is 2.55 bits per heavy atom. The quantitative estimate of drug-likeness (QED) is 0.599. The van der Waals surface area contributed by atoms with Gasteiger partial charge in [-0.1, -0.05) is 24.3 Å². The number of hydrogen-bond donors (Lipinski definition) is 0. The maximum atomic E-state index is 13.3. The van der Waals surface area contributed by atoms with E-state index in [1.54, 1.807) is 25.6 Å². The lowest BCUT2D eigenvalue weighted by Crippen LogP contribution is -2.23. The average molecular weight is 402 g/mol. The fraction of sp³-hybridized carbons (Fsp3) is 0.273. The Bertz CT molecular complexity index is 967. The molecule has 1 aliphatic rings. The lowest BCUT2D eigenvalue weighted by Gasteiger charge is -2.22. The molecule has 0 radical (unpaired) electrons. The van der Waals surface area contributed by atoms with Crippen LogP contribution in [0.25, 0.3) is 5.69 Å². The second-order valence-corrected chi connectivity index (χ2v) is 6.91. The fourth-order valence-corrected chi connectivity index (χ4v) is 3.59. The van der Waals surface area contributed by atoms with Gasteiger partial charge in [-0.25, -0.2) is 0 Å². The Morgan fingerprint density at radius 2 is 1.83 bits per heavy atom. The first kappa shape index (κ1) is 19.5. The number of alkyl halides is 3. The van der Waals surface area contributed by atoms with Crippen LogP contribution in [0.1, 0.15) is 22.9 Å². The number of ether oxygens (including phenoxy) is 2. The molecule has 1 fully saturated rings. The Morgan fingerprint density at radius 1 is 1.07 bits per heavy atom. The van der Waals surface area contributed by atoms with Crippen LogP contribution < -0.4 is 4.74 Å². The summed E-state index contributed by atoms with van der Waals surface area (Å²) in [6, 6.07) is 15.2. The summed E-state index contributed by atoms with van der Waals surface area (Å²) in [4.78, 5) is 2.16. The molecule has 1 aromatic heterocycles. The van der Waals surface area contributed by atoms with E-state index in [4.69, 9.17) is 9.47 Å². The molecule has 0 aliphatic carbocycles. The lowest BCUT2D eigenvalue weighted by molar-refractivity contribution is -0.137. The van der Waals surface area contributed by atoms with Crippen molar-refractivity contribution in [2.45, 2.75) is 18.9 Å². The maximum absolute atomic E-state index is 13.3. The van der Waals surface area contributed by atoms with E-state index in [1.807, 2.05) is 30.3 Å². The van der Waals surface area contributed by atoms with Gasteiger partial charge in [0.15, 0.2) is 0 Å². The molecular formula is C22H21F3N2O2. The third-order valence-electron chi connectivity index (χ3n) is 5.02. The first-order valence-corrected chi connectivity index (χ1v) is 9.29. The first-order chi connectivity index (χ1) is 14.0. The minimum absolute atomic E-state index is 0.103. The summed E-state index contributed by atoms with van der Waals surface area (Å²) in [7, 11) is 1.63. The zero-order chi connectivity index (χ0) is 20.4. The van der Waals surface area contributed by atoms with Gasteiger partial charge in [-0.2, -0.15) is 13.2 Å². The van der Waals surface area contributed by atoms with Crippen molar-refractivity contribution in [2.75, 3.05) is 20.3 Å². The van der Waals surface area contributed by atoms with Crippen LogP contribution in [0, 0.1) is 0 Å². The summed E-state index contributed by atoms with van der Waals surface area (Å²) in [6.45, 7) is 2.01. The standard InChI is InChI=1S/C22H21F3N2O2/c1-28-18-8-6-16(7-9-18)14-27-12-13-29-21(27)17-10-11-26(15-17)20-5-3-2-4-19(20)22(23,24)25/h2-11,15,21H,12-14H2,1H3/t21-/m0/s1. The number of methoxy groups -OCH3 is 1. The Kier molecular flexibility index (Phi) is 5.34. The third-order valence-corrected chi connectivity index (χ3v) is 5.02. The second kappa shape index (κ2) is 7.93. The number of benzene rings is 2. The molecule has 0 amide bonds. The van der Waals surface area contributed by atoms with E-state index < -0.39 is 11.7 Å². The molecule has 1 saturated heterocycles. The highest BCUT2D eigenvalue weighted by Gasteiger charge is 2.34. The maximum Gasteiger partial charge on any atom is 0.418 e. The lowest BCUT2D eigenvalue weighted by atomic mass is 10.1. The topological polar surface area (TPSA) is 26.6 Å². The number of para-hydroxylation sites is 1. The van der Waals surface area contributed by atoms with Gasteiger partial charge in [-0.05, 0) is 35.9 Å². The van der Waals surface area contributed by atoms with Gasteiger partial charge in [0.2, 0.25) is 0 Å². The van der Waals surface area contributed by atoms with E-state index in [0.717, 1.165) is 29.5 Å². The number of nitrogens with zero attached hydrogens (tertiary/aromatic N) is 2. The minimum atomic E-state index is -4.41. The number of hydrogen-bond acceptors (Lipinski definition) is 3. The second-order valence-electron chi connectivity index (χ2n) is 6.91. The molecule has 0 N–H and O–H groups in total. The van der Waals surface area contributed by atoms with Gasteiger partial charge in [-0.15, -0.1) is 0 Å². The smallest absolute Gasteiger partial charge is 0.418 e. The van der Waals surface area contributed by atoms with Crippen LogP contribution in [0.3, 0.4) is 0 Å². The molecule has 1 aliphatic heterocycles. The molecular weight excluding hydrogens is 381 g/mol. The molecule has 4 rings (SSSR count). The highest BCUT2D eigenvalue weighted by molar-refractivity contribution is 5.44. The Labute approximate surface area is 167 Å². The monoisotopic (exact) mass is 402 g/mol. The summed E-state index contributed by atoms with van der Waals surface area (Å²) in [6.07, 6.45) is -1.35. The van der Waals surface area contributed by atoms with Crippen molar-refractivity contribution in [3.8, 4) is 11.4 Å². The van der Waals surface area contributed by atoms with E-state index in [2.05, 4.69) is 4.90 Å². The molecule has 3 aromatic rings. The van der Waals surface area contributed by atoms with Crippen molar-refractivity contribution >= 4 is 0 Å². The van der Waals surface area contributed by atoms with Crippen molar-refractivity contribution in [3.05, 3.63) is 83.7 Å². The van der Waals surface area contributed by atoms with Crippen LogP contribution in [-0.2, 0) is 17.5 Å². The molecule has 1 atom stereocenters. The number of halogens is 3. The van der Waals surface area contributed by atoms with Crippen molar-refractivity contribution < 1.29 is 22.6 Å². The van der Waals surface area contributed by atoms with E-state index >= 15 is 0 Å². The van der Waals surface area contributed by atoms with Crippen molar-refractivity contribution in [1.82, 2.24) is 9.47 Å². The summed E-state index contributed by atoms with van der Waals surface area (Å²) in [5, 5.41) is 0. The first-order valence-electron chi connectivity index (χ1n) is 9.29. The summed E-state index contributed by atoms with van der Waals surface area (Å²) in [5.41, 5.74) is 1.38. The molecule has 0 bridgehead atoms. The molecule has 0 saturated carbocycles. The highest BCUT2D eigenvalue weighted by Crippen LogP contribution is 2.35. The van der Waals surface area contributed by atoms with Gasteiger partial charge in [-0.3, -0.25) is 4.90 Å². The van der Waals surface area contributed by atoms with Gasteiger partial charge in [0, 0.05) is 31.0 Å². The zero-order valence-electron chi connectivity index (χ0n) is 15.9. The third kappa shape index (κ3) is 4.16. The highest BCUT2D eigenvalue weighted by atomic mass is 19.4. The largest absolute Gasteiger partial charge is 0.497 e. The van der Waals surface area contributed by atoms with Gasteiger partial charge in [0.05, 0.1) is 25.0 Å². The van der Waals surface area contributed by atoms with Crippen molar-refractivity contribution in [3.63, 3.8) is 0 Å². The number of aromatic nitrogens is 1.